The number of nitrogens with one attached hydrogen (secondary N) is 1. The molecule has 1 aromatic rings. The van der Waals surface area contributed by atoms with Gasteiger partial charge in [0.1, 0.15) is 0 Å². The number of hydrogen-bond donors (Lipinski definition) is 1. The van der Waals surface area contributed by atoms with Crippen molar-refractivity contribution >= 4 is 10.0 Å². The molecular weight excluding hydrogens is 323 g/mol. The molecule has 1 aliphatic rings. The summed E-state index contributed by atoms with van der Waals surface area (Å²) in [6, 6.07) is 3.44. The topological polar surface area (TPSA) is 64.6 Å². The maximum Gasteiger partial charge on any atom is 0.417 e. The van der Waals surface area contributed by atoms with E-state index in [9.17, 15) is 21.6 Å². The van der Waals surface area contributed by atoms with Crippen LogP contribution in [0.25, 0.3) is 0 Å². The lowest BCUT2D eigenvalue weighted by atomic mass is 10.1. The predicted octanol–water partition coefficient (Wildman–Crippen LogP) is 1.79. The molecule has 0 spiro atoms. The van der Waals surface area contributed by atoms with Crippen LogP contribution in [0, 0.1) is 0 Å². The average molecular weight is 339 g/mol. The number of alkyl halides is 3. The lowest BCUT2D eigenvalue weighted by Crippen LogP contribution is -2.49. The minimum atomic E-state index is -4.75. The summed E-state index contributed by atoms with van der Waals surface area (Å²) in [7, 11) is -2.93. The highest BCUT2D eigenvalue weighted by atomic mass is 32.2. The molecule has 2 rings (SSSR count). The lowest BCUT2D eigenvalue weighted by Gasteiger charge is -2.31. The molecule has 5 nitrogen and oxygen atoms in total. The number of ether oxygens (including phenoxy) is 2. The molecule has 0 unspecified atom stereocenters. The van der Waals surface area contributed by atoms with Gasteiger partial charge >= 0.3 is 6.18 Å². The summed E-state index contributed by atoms with van der Waals surface area (Å²) in [4.78, 5) is -0.788. The molecule has 0 bridgehead atoms. The normalized spacial score (nSPS) is 23.5. The third-order valence-electron chi connectivity index (χ3n) is 3.40. The number of halogens is 3. The van der Waals surface area contributed by atoms with Crippen molar-refractivity contribution in [3.05, 3.63) is 29.8 Å². The number of benzene rings is 1. The Morgan fingerprint density at radius 3 is 2.64 bits per heavy atom. The Hall–Kier alpha value is -1.16. The van der Waals surface area contributed by atoms with Gasteiger partial charge in [0.2, 0.25) is 10.0 Å². The van der Waals surface area contributed by atoms with Gasteiger partial charge in [-0.1, -0.05) is 12.1 Å². The second-order valence-electron chi connectivity index (χ2n) is 4.86. The molecule has 1 fully saturated rings. The van der Waals surface area contributed by atoms with Gasteiger partial charge < -0.3 is 9.47 Å². The summed E-state index contributed by atoms with van der Waals surface area (Å²) in [6.45, 7) is 0.499. The van der Waals surface area contributed by atoms with Crippen LogP contribution in [0.5, 0.6) is 0 Å². The van der Waals surface area contributed by atoms with Crippen LogP contribution in [-0.4, -0.2) is 40.9 Å². The Labute approximate surface area is 126 Å². The second-order valence-corrected chi connectivity index (χ2v) is 6.54. The molecule has 1 N–H and O–H groups in total. The SMILES string of the molecule is CO[C@@H]1COCC[C@H]1NS(=O)(=O)c1ccccc1C(F)(F)F. The first-order valence-corrected chi connectivity index (χ1v) is 8.03. The maximum atomic E-state index is 13.0. The van der Waals surface area contributed by atoms with Crippen molar-refractivity contribution in [2.75, 3.05) is 20.3 Å². The highest BCUT2D eigenvalue weighted by Gasteiger charge is 2.38. The minimum Gasteiger partial charge on any atom is -0.379 e. The van der Waals surface area contributed by atoms with Gasteiger partial charge in [-0.05, 0) is 18.6 Å². The van der Waals surface area contributed by atoms with Gasteiger partial charge in [0.25, 0.3) is 0 Å². The molecule has 22 heavy (non-hydrogen) atoms. The van der Waals surface area contributed by atoms with Gasteiger partial charge in [-0.15, -0.1) is 0 Å². The monoisotopic (exact) mass is 339 g/mol. The molecule has 0 aliphatic carbocycles. The molecule has 2 atom stereocenters. The zero-order valence-corrected chi connectivity index (χ0v) is 12.6. The van der Waals surface area contributed by atoms with Gasteiger partial charge in [0.15, 0.2) is 0 Å². The number of hydrogen-bond acceptors (Lipinski definition) is 4. The maximum absolute atomic E-state index is 13.0. The Kier molecular flexibility index (Phi) is 5.10. The smallest absolute Gasteiger partial charge is 0.379 e. The lowest BCUT2D eigenvalue weighted by molar-refractivity contribution is -0.139. The first-order valence-electron chi connectivity index (χ1n) is 6.55. The van der Waals surface area contributed by atoms with Crippen LogP contribution in [-0.2, 0) is 25.7 Å². The summed E-state index contributed by atoms with van der Waals surface area (Å²) in [5.41, 5.74) is -1.19. The average Bonchev–Trinajstić information content (AvgIpc) is 2.46. The van der Waals surface area contributed by atoms with Gasteiger partial charge in [0, 0.05) is 13.7 Å². The van der Waals surface area contributed by atoms with Crippen molar-refractivity contribution in [1.29, 1.82) is 0 Å². The summed E-state index contributed by atoms with van der Waals surface area (Å²) < 4.78 is 76.1. The van der Waals surface area contributed by atoms with Crippen LogP contribution in [0.2, 0.25) is 0 Å². The molecule has 124 valence electrons. The van der Waals surface area contributed by atoms with Gasteiger partial charge in [-0.25, -0.2) is 13.1 Å². The van der Waals surface area contributed by atoms with Gasteiger partial charge in [0.05, 0.1) is 29.2 Å². The zero-order valence-electron chi connectivity index (χ0n) is 11.8. The fourth-order valence-electron chi connectivity index (χ4n) is 2.28. The summed E-state index contributed by atoms with van der Waals surface area (Å²) in [5.74, 6) is 0. The molecule has 1 heterocycles. The molecule has 0 radical (unpaired) electrons. The van der Waals surface area contributed by atoms with Crippen molar-refractivity contribution in [1.82, 2.24) is 4.72 Å². The van der Waals surface area contributed by atoms with Crippen LogP contribution in [0.1, 0.15) is 12.0 Å². The van der Waals surface area contributed by atoms with E-state index >= 15 is 0 Å². The Morgan fingerprint density at radius 1 is 1.32 bits per heavy atom. The van der Waals surface area contributed by atoms with E-state index in [1.807, 2.05) is 0 Å². The van der Waals surface area contributed by atoms with E-state index in [2.05, 4.69) is 4.72 Å². The van der Waals surface area contributed by atoms with E-state index in [4.69, 9.17) is 9.47 Å². The molecule has 9 heteroatoms. The first kappa shape index (κ1) is 17.2. The van der Waals surface area contributed by atoms with Crippen LogP contribution >= 0.6 is 0 Å². The third-order valence-corrected chi connectivity index (χ3v) is 4.94. The standard InChI is InChI=1S/C13H16F3NO4S/c1-20-11-8-21-7-6-10(11)17-22(18,19)12-5-3-2-4-9(12)13(14,15)16/h2-5,10-11,17H,6-8H2,1H3/t10-,11-/m1/s1. The van der Waals surface area contributed by atoms with Gasteiger partial charge in [-0.3, -0.25) is 0 Å². The first-order chi connectivity index (χ1) is 10.3. The highest BCUT2D eigenvalue weighted by molar-refractivity contribution is 7.89. The van der Waals surface area contributed by atoms with Crippen molar-refractivity contribution in [2.24, 2.45) is 0 Å². The second kappa shape index (κ2) is 6.53. The van der Waals surface area contributed by atoms with Crippen molar-refractivity contribution in [3.63, 3.8) is 0 Å². The Morgan fingerprint density at radius 2 is 2.00 bits per heavy atom. The van der Waals surface area contributed by atoms with E-state index in [1.165, 1.54) is 13.2 Å². The van der Waals surface area contributed by atoms with Crippen molar-refractivity contribution in [3.8, 4) is 0 Å². The summed E-state index contributed by atoms with van der Waals surface area (Å²) in [6.07, 6.45) is -4.96. The minimum absolute atomic E-state index is 0.185. The van der Waals surface area contributed by atoms with E-state index in [-0.39, 0.29) is 6.61 Å². The van der Waals surface area contributed by atoms with Crippen molar-refractivity contribution < 1.29 is 31.1 Å². The van der Waals surface area contributed by atoms with Crippen molar-refractivity contribution in [2.45, 2.75) is 29.6 Å². The number of sulfonamides is 1. The molecule has 0 amide bonds. The van der Waals surface area contributed by atoms with E-state index in [1.54, 1.807) is 0 Å². The third kappa shape index (κ3) is 3.78. The Bertz CT molecular complexity index is 618. The van der Waals surface area contributed by atoms with Gasteiger partial charge in [-0.2, -0.15) is 13.2 Å². The molecule has 1 aromatic carbocycles. The predicted molar refractivity (Wildman–Crippen MR) is 71.8 cm³/mol. The van der Waals surface area contributed by atoms with Crippen LogP contribution < -0.4 is 4.72 Å². The fourth-order valence-corrected chi connectivity index (χ4v) is 3.80. The molecule has 1 saturated heterocycles. The highest BCUT2D eigenvalue weighted by Crippen LogP contribution is 2.34. The summed E-state index contributed by atoms with van der Waals surface area (Å²) in [5, 5.41) is 0. The Balaban J connectivity index is 2.31. The molecule has 0 saturated carbocycles. The molecular formula is C13H16F3NO4S. The summed E-state index contributed by atoms with van der Waals surface area (Å²) >= 11 is 0. The van der Waals surface area contributed by atoms with E-state index < -0.39 is 38.8 Å². The molecule has 1 aliphatic heterocycles. The largest absolute Gasteiger partial charge is 0.417 e. The van der Waals surface area contributed by atoms with Crippen LogP contribution in [0.4, 0.5) is 13.2 Å². The fraction of sp³-hybridized carbons (Fsp3) is 0.538. The zero-order chi connectivity index (χ0) is 16.4. The quantitative estimate of drug-likeness (QED) is 0.908. The molecule has 0 aromatic heterocycles. The number of rotatable bonds is 4. The van der Waals surface area contributed by atoms with Crippen LogP contribution in [0.3, 0.4) is 0 Å². The van der Waals surface area contributed by atoms with Crippen LogP contribution in [0.15, 0.2) is 29.2 Å². The van der Waals surface area contributed by atoms with E-state index in [0.717, 1.165) is 18.2 Å². The number of methoxy groups -OCH3 is 1. The van der Waals surface area contributed by atoms with E-state index in [0.29, 0.717) is 13.0 Å².